The molecule has 1 amide bonds. The van der Waals surface area contributed by atoms with Crippen molar-refractivity contribution in [3.8, 4) is 0 Å². The molecule has 0 radical (unpaired) electrons. The van der Waals surface area contributed by atoms with Crippen molar-refractivity contribution >= 4 is 12.7 Å². The van der Waals surface area contributed by atoms with E-state index in [0.29, 0.717) is 6.67 Å². The third-order valence-corrected chi connectivity index (χ3v) is 1.54. The molecule has 0 aromatic rings. The molecule has 1 unspecified atom stereocenters. The van der Waals surface area contributed by atoms with E-state index in [2.05, 4.69) is 5.32 Å². The fourth-order valence-electron chi connectivity index (χ4n) is 0.687. The van der Waals surface area contributed by atoms with Gasteiger partial charge in [-0.05, 0) is 14.0 Å². The zero-order chi connectivity index (χ0) is 8.15. The van der Waals surface area contributed by atoms with Gasteiger partial charge >= 0.3 is 0 Å². The number of nitrogens with one attached hydrogen (secondary N) is 1. The monoisotopic (exact) mass is 144 g/mol. The van der Waals surface area contributed by atoms with Crippen LogP contribution in [0.15, 0.2) is 0 Å². The molecule has 1 aliphatic heterocycles. The van der Waals surface area contributed by atoms with Gasteiger partial charge < -0.3 is 10.1 Å². The summed E-state index contributed by atoms with van der Waals surface area (Å²) in [6.45, 7) is 4.59. The standard InChI is InChI=1S/C5H10N2O.CH2O/c1-4-5(8)6-3-7(4)2;1-2/h4H,3H2,1-2H3,(H,6,8);1H2. The molecule has 58 valence electrons. The van der Waals surface area contributed by atoms with Crippen molar-refractivity contribution in [2.45, 2.75) is 13.0 Å². The molecule has 1 heterocycles. The van der Waals surface area contributed by atoms with Gasteiger partial charge in [0.1, 0.15) is 6.79 Å². The maximum absolute atomic E-state index is 10.6. The first-order valence-corrected chi connectivity index (χ1v) is 2.98. The highest BCUT2D eigenvalue weighted by atomic mass is 16.2. The lowest BCUT2D eigenvalue weighted by molar-refractivity contribution is -0.120. The van der Waals surface area contributed by atoms with Crippen molar-refractivity contribution in [3.05, 3.63) is 0 Å². The SMILES string of the molecule is C=O.CC1C(=O)NCN1C. The van der Waals surface area contributed by atoms with Crippen LogP contribution in [-0.2, 0) is 9.59 Å². The van der Waals surface area contributed by atoms with E-state index in [1.807, 2.05) is 25.7 Å². The molecule has 0 spiro atoms. The molecule has 4 nitrogen and oxygen atoms in total. The molecule has 10 heavy (non-hydrogen) atoms. The smallest absolute Gasteiger partial charge is 0.238 e. The topological polar surface area (TPSA) is 49.4 Å². The lowest BCUT2D eigenvalue weighted by Crippen LogP contribution is -2.25. The van der Waals surface area contributed by atoms with E-state index in [9.17, 15) is 4.79 Å². The first-order valence-electron chi connectivity index (χ1n) is 2.98. The Kier molecular flexibility index (Phi) is 3.64. The Morgan fingerprint density at radius 1 is 1.70 bits per heavy atom. The van der Waals surface area contributed by atoms with Gasteiger partial charge in [0, 0.05) is 0 Å². The van der Waals surface area contributed by atoms with Gasteiger partial charge in [-0.15, -0.1) is 0 Å². The zero-order valence-electron chi connectivity index (χ0n) is 6.26. The molecule has 1 saturated heterocycles. The molecule has 4 heteroatoms. The lowest BCUT2D eigenvalue weighted by Gasteiger charge is -2.08. The predicted molar refractivity (Wildman–Crippen MR) is 37.4 cm³/mol. The third-order valence-electron chi connectivity index (χ3n) is 1.54. The molecular formula is C6H12N2O2. The number of carbonyl (C=O) groups is 2. The minimum absolute atomic E-state index is 0.0648. The Balaban J connectivity index is 0.000000371. The van der Waals surface area contributed by atoms with E-state index in [1.54, 1.807) is 0 Å². The molecule has 0 aromatic carbocycles. The van der Waals surface area contributed by atoms with Gasteiger partial charge in [-0.25, -0.2) is 0 Å². The quantitative estimate of drug-likeness (QED) is 0.484. The number of amides is 1. The van der Waals surface area contributed by atoms with Gasteiger partial charge in [0.05, 0.1) is 12.7 Å². The summed E-state index contributed by atoms with van der Waals surface area (Å²) in [6, 6.07) is 0.0648. The van der Waals surface area contributed by atoms with E-state index in [-0.39, 0.29) is 11.9 Å². The number of hydrogen-bond donors (Lipinski definition) is 1. The molecule has 0 bridgehead atoms. The maximum atomic E-state index is 10.6. The first kappa shape index (κ1) is 9.10. The Labute approximate surface area is 60.2 Å². The van der Waals surface area contributed by atoms with Crippen molar-refractivity contribution in [2.24, 2.45) is 0 Å². The Morgan fingerprint density at radius 3 is 2.30 bits per heavy atom. The third kappa shape index (κ3) is 1.80. The summed E-state index contributed by atoms with van der Waals surface area (Å²) in [5.41, 5.74) is 0. The second-order valence-corrected chi connectivity index (χ2v) is 2.13. The van der Waals surface area contributed by atoms with Crippen LogP contribution in [0.5, 0.6) is 0 Å². The van der Waals surface area contributed by atoms with Crippen molar-refractivity contribution < 1.29 is 9.59 Å². The van der Waals surface area contributed by atoms with Gasteiger partial charge in [0.2, 0.25) is 5.91 Å². The molecule has 0 aromatic heterocycles. The molecule has 1 fully saturated rings. The highest BCUT2D eigenvalue weighted by Crippen LogP contribution is 1.99. The largest absolute Gasteiger partial charge is 0.342 e. The Bertz CT molecular complexity index is 127. The van der Waals surface area contributed by atoms with E-state index >= 15 is 0 Å². The average molecular weight is 144 g/mol. The second-order valence-electron chi connectivity index (χ2n) is 2.13. The summed E-state index contributed by atoms with van der Waals surface area (Å²) in [4.78, 5) is 20.6. The second kappa shape index (κ2) is 4.00. The number of likely N-dealkylation sites (N-methyl/N-ethyl adjacent to an activating group) is 1. The highest BCUT2D eigenvalue weighted by molar-refractivity contribution is 5.82. The number of rotatable bonds is 0. The summed E-state index contributed by atoms with van der Waals surface area (Å²) >= 11 is 0. The summed E-state index contributed by atoms with van der Waals surface area (Å²) in [7, 11) is 1.92. The predicted octanol–water partition coefficient (Wildman–Crippen LogP) is -0.791. The minimum Gasteiger partial charge on any atom is -0.342 e. The van der Waals surface area contributed by atoms with Crippen LogP contribution in [0.2, 0.25) is 0 Å². The number of carbonyl (C=O) groups excluding carboxylic acids is 2. The van der Waals surface area contributed by atoms with Gasteiger partial charge in [0.15, 0.2) is 0 Å². The van der Waals surface area contributed by atoms with Gasteiger partial charge in [0.25, 0.3) is 0 Å². The van der Waals surface area contributed by atoms with Crippen molar-refractivity contribution in [3.63, 3.8) is 0 Å². The van der Waals surface area contributed by atoms with Crippen LogP contribution in [-0.4, -0.2) is 37.4 Å². The fraction of sp³-hybridized carbons (Fsp3) is 0.667. The number of nitrogens with zero attached hydrogens (tertiary/aromatic N) is 1. The molecule has 1 N–H and O–H groups in total. The zero-order valence-corrected chi connectivity index (χ0v) is 6.26. The summed E-state index contributed by atoms with van der Waals surface area (Å²) in [5.74, 6) is 0.132. The fourth-order valence-corrected chi connectivity index (χ4v) is 0.687. The van der Waals surface area contributed by atoms with Crippen LogP contribution in [0.1, 0.15) is 6.92 Å². The van der Waals surface area contributed by atoms with E-state index < -0.39 is 0 Å². The molecule has 1 rings (SSSR count). The molecule has 1 atom stereocenters. The van der Waals surface area contributed by atoms with Crippen LogP contribution < -0.4 is 5.32 Å². The van der Waals surface area contributed by atoms with Gasteiger partial charge in [-0.1, -0.05) is 0 Å². The van der Waals surface area contributed by atoms with Gasteiger partial charge in [-0.3, -0.25) is 9.69 Å². The van der Waals surface area contributed by atoms with E-state index in [0.717, 1.165) is 0 Å². The van der Waals surface area contributed by atoms with Crippen LogP contribution >= 0.6 is 0 Å². The summed E-state index contributed by atoms with van der Waals surface area (Å²) in [5, 5.41) is 2.71. The normalized spacial score (nSPS) is 25.0. The Morgan fingerprint density at radius 2 is 2.20 bits per heavy atom. The molecule has 0 saturated carbocycles. The van der Waals surface area contributed by atoms with Crippen molar-refractivity contribution in [1.29, 1.82) is 0 Å². The molecule has 0 aliphatic carbocycles. The lowest BCUT2D eigenvalue weighted by atomic mass is 10.3. The minimum atomic E-state index is 0.0648. The Hall–Kier alpha value is -0.900. The van der Waals surface area contributed by atoms with Crippen LogP contribution in [0.3, 0.4) is 0 Å². The van der Waals surface area contributed by atoms with Gasteiger partial charge in [-0.2, -0.15) is 0 Å². The summed E-state index contributed by atoms with van der Waals surface area (Å²) in [6.07, 6.45) is 0. The summed E-state index contributed by atoms with van der Waals surface area (Å²) < 4.78 is 0. The van der Waals surface area contributed by atoms with Crippen LogP contribution in [0.25, 0.3) is 0 Å². The number of hydrogen-bond acceptors (Lipinski definition) is 3. The van der Waals surface area contributed by atoms with E-state index in [1.165, 1.54) is 0 Å². The molecule has 1 aliphatic rings. The molecular weight excluding hydrogens is 132 g/mol. The van der Waals surface area contributed by atoms with E-state index in [4.69, 9.17) is 4.79 Å². The first-order chi connectivity index (χ1) is 4.72. The maximum Gasteiger partial charge on any atom is 0.238 e. The van der Waals surface area contributed by atoms with Crippen LogP contribution in [0.4, 0.5) is 0 Å². The highest BCUT2D eigenvalue weighted by Gasteiger charge is 2.23. The van der Waals surface area contributed by atoms with Crippen LogP contribution in [0, 0.1) is 0 Å². The van der Waals surface area contributed by atoms with Crippen molar-refractivity contribution in [2.75, 3.05) is 13.7 Å². The average Bonchev–Trinajstić information content (AvgIpc) is 2.25. The van der Waals surface area contributed by atoms with Crippen molar-refractivity contribution in [1.82, 2.24) is 10.2 Å².